The van der Waals surface area contributed by atoms with Gasteiger partial charge in [0.2, 0.25) is 0 Å². The second kappa shape index (κ2) is 13.7. The molecule has 0 aromatic carbocycles. The van der Waals surface area contributed by atoms with Gasteiger partial charge in [-0.05, 0) is 25.8 Å². The fraction of sp³-hybridized carbons (Fsp3) is 0.800. The van der Waals surface area contributed by atoms with Gasteiger partial charge in [-0.1, -0.05) is 64.7 Å². The van der Waals surface area contributed by atoms with Crippen molar-refractivity contribution in [3.63, 3.8) is 0 Å². The van der Waals surface area contributed by atoms with Crippen LogP contribution in [0.5, 0.6) is 0 Å². The van der Waals surface area contributed by atoms with E-state index in [4.69, 9.17) is 14.2 Å². The van der Waals surface area contributed by atoms with Crippen LogP contribution in [0, 0.1) is 0 Å². The Balaban J connectivity index is 2.20. The van der Waals surface area contributed by atoms with Gasteiger partial charge in [0.05, 0.1) is 12.2 Å². The average molecular weight is 354 g/mol. The lowest BCUT2D eigenvalue weighted by Gasteiger charge is -2.17. The van der Waals surface area contributed by atoms with Gasteiger partial charge < -0.3 is 14.2 Å². The first-order chi connectivity index (χ1) is 12.2. The summed E-state index contributed by atoms with van der Waals surface area (Å²) < 4.78 is 15.0. The van der Waals surface area contributed by atoms with E-state index < -0.39 is 12.3 Å². The number of ether oxygens (including phenoxy) is 3. The van der Waals surface area contributed by atoms with Gasteiger partial charge in [-0.25, -0.2) is 9.59 Å². The molecule has 0 amide bonds. The van der Waals surface area contributed by atoms with Crippen LogP contribution in [0.25, 0.3) is 0 Å². The van der Waals surface area contributed by atoms with Crippen LogP contribution < -0.4 is 0 Å². The highest BCUT2D eigenvalue weighted by molar-refractivity contribution is 5.91. The predicted molar refractivity (Wildman–Crippen MR) is 97.4 cm³/mol. The zero-order chi connectivity index (χ0) is 18.3. The molecule has 5 heteroatoms. The summed E-state index contributed by atoms with van der Waals surface area (Å²) in [6, 6.07) is 0. The molecule has 0 aromatic heterocycles. The summed E-state index contributed by atoms with van der Waals surface area (Å²) in [5, 5.41) is 0. The van der Waals surface area contributed by atoms with E-state index in [2.05, 4.69) is 6.92 Å². The Hall–Kier alpha value is -1.52. The van der Waals surface area contributed by atoms with E-state index in [1.54, 1.807) is 13.0 Å². The summed E-state index contributed by atoms with van der Waals surface area (Å²) in [6.07, 6.45) is 13.5. The van der Waals surface area contributed by atoms with Crippen molar-refractivity contribution in [3.8, 4) is 0 Å². The van der Waals surface area contributed by atoms with Crippen LogP contribution >= 0.6 is 0 Å². The molecule has 0 spiro atoms. The highest BCUT2D eigenvalue weighted by atomic mass is 16.7. The largest absolute Gasteiger partial charge is 0.508 e. The second-order valence-corrected chi connectivity index (χ2v) is 6.52. The number of hydrogen-bond acceptors (Lipinski definition) is 5. The molecular weight excluding hydrogens is 320 g/mol. The minimum atomic E-state index is -0.722. The van der Waals surface area contributed by atoms with Crippen molar-refractivity contribution in [3.05, 3.63) is 11.6 Å². The number of cyclic esters (lactones) is 1. The molecule has 144 valence electrons. The van der Waals surface area contributed by atoms with Crippen LogP contribution in [0.4, 0.5) is 4.79 Å². The molecule has 1 heterocycles. The lowest BCUT2D eigenvalue weighted by Crippen LogP contribution is -2.24. The fourth-order valence-electron chi connectivity index (χ4n) is 3.00. The standard InChI is InChI=1S/C20H34O5/c1-3-5-6-7-8-9-10-11-12-13-14-18(25-20(22)23-4-2)17-15-16-24-19(17)21/h15,18H,3-14,16H2,1-2H3. The fourth-order valence-corrected chi connectivity index (χ4v) is 3.00. The molecule has 0 saturated heterocycles. The molecule has 25 heavy (non-hydrogen) atoms. The van der Waals surface area contributed by atoms with Crippen LogP contribution in [0.2, 0.25) is 0 Å². The minimum Gasteiger partial charge on any atom is -0.458 e. The molecule has 1 aliphatic rings. The van der Waals surface area contributed by atoms with Crippen LogP contribution in [0.3, 0.4) is 0 Å². The first-order valence-electron chi connectivity index (χ1n) is 9.89. The molecule has 1 aliphatic heterocycles. The van der Waals surface area contributed by atoms with Crippen molar-refractivity contribution in [1.29, 1.82) is 0 Å². The van der Waals surface area contributed by atoms with Crippen LogP contribution in [0.15, 0.2) is 11.6 Å². The third-order valence-electron chi connectivity index (χ3n) is 4.42. The molecular formula is C20H34O5. The molecule has 0 aromatic rings. The number of hydrogen-bond donors (Lipinski definition) is 0. The molecule has 0 aliphatic carbocycles. The molecule has 1 rings (SSSR count). The molecule has 1 unspecified atom stereocenters. The molecule has 0 fully saturated rings. The third kappa shape index (κ3) is 9.51. The summed E-state index contributed by atoms with van der Waals surface area (Å²) in [5.41, 5.74) is 0.448. The van der Waals surface area contributed by atoms with Crippen LogP contribution in [-0.2, 0) is 19.0 Å². The van der Waals surface area contributed by atoms with E-state index in [0.29, 0.717) is 12.0 Å². The van der Waals surface area contributed by atoms with Gasteiger partial charge in [0.15, 0.2) is 0 Å². The summed E-state index contributed by atoms with van der Waals surface area (Å²) in [7, 11) is 0. The average Bonchev–Trinajstić information content (AvgIpc) is 3.01. The summed E-state index contributed by atoms with van der Waals surface area (Å²) in [4.78, 5) is 23.3. The van der Waals surface area contributed by atoms with Crippen molar-refractivity contribution in [2.75, 3.05) is 13.2 Å². The Morgan fingerprint density at radius 1 is 1.04 bits per heavy atom. The molecule has 5 nitrogen and oxygen atoms in total. The normalized spacial score (nSPS) is 14.8. The minimum absolute atomic E-state index is 0.257. The summed E-state index contributed by atoms with van der Waals surface area (Å²) in [6.45, 7) is 4.48. The third-order valence-corrected chi connectivity index (χ3v) is 4.42. The topological polar surface area (TPSA) is 61.8 Å². The summed E-state index contributed by atoms with van der Waals surface area (Å²) in [5.74, 6) is -0.388. The molecule has 0 bridgehead atoms. The number of carbonyl (C=O) groups excluding carboxylic acids is 2. The Morgan fingerprint density at radius 3 is 2.16 bits per heavy atom. The number of unbranched alkanes of at least 4 members (excludes halogenated alkanes) is 9. The van der Waals surface area contributed by atoms with Gasteiger partial charge in [-0.3, -0.25) is 0 Å². The lowest BCUT2D eigenvalue weighted by molar-refractivity contribution is -0.137. The van der Waals surface area contributed by atoms with Crippen molar-refractivity contribution in [2.45, 2.75) is 90.6 Å². The maximum absolute atomic E-state index is 11.7. The van der Waals surface area contributed by atoms with Gasteiger partial charge in [0.1, 0.15) is 12.7 Å². The quantitative estimate of drug-likeness (QED) is 0.312. The number of carbonyl (C=O) groups is 2. The molecule has 0 radical (unpaired) electrons. The zero-order valence-electron chi connectivity index (χ0n) is 15.9. The zero-order valence-corrected chi connectivity index (χ0v) is 15.9. The highest BCUT2D eigenvalue weighted by Crippen LogP contribution is 2.21. The first-order valence-corrected chi connectivity index (χ1v) is 9.89. The van der Waals surface area contributed by atoms with E-state index >= 15 is 0 Å². The van der Waals surface area contributed by atoms with E-state index in [9.17, 15) is 9.59 Å². The van der Waals surface area contributed by atoms with Crippen molar-refractivity contribution < 1.29 is 23.8 Å². The number of esters is 1. The maximum atomic E-state index is 11.7. The predicted octanol–water partition coefficient (Wildman–Crippen LogP) is 5.32. The van der Waals surface area contributed by atoms with Gasteiger partial charge in [0, 0.05) is 0 Å². The highest BCUT2D eigenvalue weighted by Gasteiger charge is 2.29. The monoisotopic (exact) mass is 354 g/mol. The molecule has 1 atom stereocenters. The first kappa shape index (κ1) is 21.5. The lowest BCUT2D eigenvalue weighted by atomic mass is 10.0. The SMILES string of the molecule is CCCCCCCCCCCCC(OC(=O)OCC)C1=CCOC1=O. The van der Waals surface area contributed by atoms with Crippen molar-refractivity contribution >= 4 is 12.1 Å². The maximum Gasteiger partial charge on any atom is 0.508 e. The smallest absolute Gasteiger partial charge is 0.458 e. The Labute approximate surface area is 152 Å². The van der Waals surface area contributed by atoms with E-state index in [0.717, 1.165) is 12.8 Å². The van der Waals surface area contributed by atoms with Gasteiger partial charge in [-0.15, -0.1) is 0 Å². The molecule has 0 N–H and O–H groups in total. The van der Waals surface area contributed by atoms with Crippen molar-refractivity contribution in [2.24, 2.45) is 0 Å². The number of rotatable bonds is 14. The van der Waals surface area contributed by atoms with E-state index in [-0.39, 0.29) is 19.2 Å². The Bertz CT molecular complexity index is 416. The van der Waals surface area contributed by atoms with E-state index in [1.807, 2.05) is 0 Å². The van der Waals surface area contributed by atoms with Crippen LogP contribution in [-0.4, -0.2) is 31.4 Å². The Kier molecular flexibility index (Phi) is 11.8. The Morgan fingerprint density at radius 2 is 1.64 bits per heavy atom. The summed E-state index contributed by atoms with van der Waals surface area (Å²) >= 11 is 0. The molecule has 0 saturated carbocycles. The van der Waals surface area contributed by atoms with Gasteiger partial charge in [0.25, 0.3) is 0 Å². The second-order valence-electron chi connectivity index (χ2n) is 6.52. The van der Waals surface area contributed by atoms with Gasteiger partial charge in [-0.2, -0.15) is 0 Å². The van der Waals surface area contributed by atoms with Gasteiger partial charge >= 0.3 is 12.1 Å². The van der Waals surface area contributed by atoms with Crippen LogP contribution in [0.1, 0.15) is 84.5 Å². The van der Waals surface area contributed by atoms with Crippen molar-refractivity contribution in [1.82, 2.24) is 0 Å². The van der Waals surface area contributed by atoms with E-state index in [1.165, 1.54) is 51.4 Å².